The van der Waals surface area contributed by atoms with Gasteiger partial charge in [-0.15, -0.1) is 11.3 Å². The van der Waals surface area contributed by atoms with Crippen LogP contribution in [0.5, 0.6) is 0 Å². The molecule has 1 aliphatic rings. The summed E-state index contributed by atoms with van der Waals surface area (Å²) in [5.74, 6) is 0.838. The molecule has 1 amide bonds. The molecule has 0 bridgehead atoms. The van der Waals surface area contributed by atoms with Gasteiger partial charge in [0.2, 0.25) is 6.41 Å². The number of rotatable bonds is 5. The van der Waals surface area contributed by atoms with Crippen LogP contribution in [0, 0.1) is 0 Å². The first-order valence-corrected chi connectivity index (χ1v) is 12.0. The van der Waals surface area contributed by atoms with Crippen molar-refractivity contribution in [2.45, 2.75) is 45.1 Å². The number of likely N-dealkylation sites (N-methyl/N-ethyl adjacent to an activating group) is 1. The number of aryl methyl sites for hydroxylation is 2. The third-order valence-electron chi connectivity index (χ3n) is 5.31. The summed E-state index contributed by atoms with van der Waals surface area (Å²) in [6.45, 7) is 3.69. The number of carbonyl (C=O) groups excluding carboxylic acids is 1. The molecular weight excluding hydrogens is 460 g/mol. The minimum atomic E-state index is -0.782. The lowest BCUT2D eigenvalue weighted by Crippen LogP contribution is -2.35. The SMILES string of the molecule is CN(C=O)CC(C)(C)O.Clc1cn2nccc2cc1Nc1ncnc2sc3c(c12)CCCC3. The fraction of sp³-hybridized carbons (Fsp3) is 0.391. The zero-order chi connectivity index (χ0) is 23.6. The van der Waals surface area contributed by atoms with E-state index in [2.05, 4.69) is 20.4 Å². The van der Waals surface area contributed by atoms with E-state index in [0.717, 1.165) is 40.1 Å². The molecule has 0 spiro atoms. The summed E-state index contributed by atoms with van der Waals surface area (Å²) in [6.07, 6.45) is 10.6. The largest absolute Gasteiger partial charge is 0.389 e. The van der Waals surface area contributed by atoms with E-state index in [1.165, 1.54) is 28.2 Å². The average Bonchev–Trinajstić information content (AvgIpc) is 3.37. The number of aliphatic hydroxyl groups is 1. The number of halogens is 1. The number of hydrogen-bond acceptors (Lipinski definition) is 7. The maximum Gasteiger partial charge on any atom is 0.209 e. The zero-order valence-corrected chi connectivity index (χ0v) is 20.4. The number of aromatic nitrogens is 4. The molecule has 0 aromatic carbocycles. The molecule has 5 rings (SSSR count). The van der Waals surface area contributed by atoms with Crippen LogP contribution in [0.15, 0.2) is 30.9 Å². The van der Waals surface area contributed by atoms with E-state index in [-0.39, 0.29) is 0 Å². The highest BCUT2D eigenvalue weighted by atomic mass is 35.5. The Morgan fingerprint density at radius 1 is 1.33 bits per heavy atom. The number of anilines is 2. The van der Waals surface area contributed by atoms with Gasteiger partial charge in [-0.25, -0.2) is 14.5 Å². The maximum atomic E-state index is 10.00. The Morgan fingerprint density at radius 3 is 2.85 bits per heavy atom. The molecule has 0 atom stereocenters. The molecule has 0 saturated carbocycles. The highest BCUT2D eigenvalue weighted by molar-refractivity contribution is 7.19. The van der Waals surface area contributed by atoms with Gasteiger partial charge in [0, 0.05) is 30.9 Å². The normalized spacial score (nSPS) is 13.4. The quantitative estimate of drug-likeness (QED) is 0.404. The Kier molecular flexibility index (Phi) is 6.83. The molecule has 33 heavy (non-hydrogen) atoms. The van der Waals surface area contributed by atoms with Gasteiger partial charge in [0.05, 0.1) is 27.2 Å². The summed E-state index contributed by atoms with van der Waals surface area (Å²) in [5, 5.41) is 18.5. The van der Waals surface area contributed by atoms with Crippen LogP contribution in [-0.2, 0) is 17.6 Å². The van der Waals surface area contributed by atoms with Crippen LogP contribution in [0.2, 0.25) is 5.02 Å². The van der Waals surface area contributed by atoms with Gasteiger partial charge in [-0.3, -0.25) is 4.79 Å². The third-order valence-corrected chi connectivity index (χ3v) is 6.81. The van der Waals surface area contributed by atoms with E-state index >= 15 is 0 Å². The van der Waals surface area contributed by atoms with Crippen LogP contribution in [0.3, 0.4) is 0 Å². The summed E-state index contributed by atoms with van der Waals surface area (Å²) in [4.78, 5) is 22.9. The monoisotopic (exact) mass is 486 g/mol. The van der Waals surface area contributed by atoms with E-state index in [9.17, 15) is 4.79 Å². The lowest BCUT2D eigenvalue weighted by Gasteiger charge is -2.21. The van der Waals surface area contributed by atoms with Gasteiger partial charge < -0.3 is 15.3 Å². The molecule has 0 saturated heterocycles. The van der Waals surface area contributed by atoms with Gasteiger partial charge in [-0.1, -0.05) is 11.6 Å². The second-order valence-corrected chi connectivity index (χ2v) is 10.3. The minimum absolute atomic E-state index is 0.372. The second-order valence-electron chi connectivity index (χ2n) is 8.81. The molecule has 174 valence electrons. The number of hydrogen-bond donors (Lipinski definition) is 2. The topological polar surface area (TPSA) is 95.7 Å². The first kappa shape index (κ1) is 23.4. The number of fused-ring (bicyclic) bond motifs is 4. The van der Waals surface area contributed by atoms with Crippen LogP contribution >= 0.6 is 22.9 Å². The standard InChI is InChI=1S/C17H14ClN5S.C6H13NO2/c18-12-8-23-10(5-6-21-23)7-13(12)22-16-15-11-3-1-2-4-14(11)24-17(15)20-9-19-16;1-6(2,9)4-7(3)5-8/h5-9H,1-4H2,(H,19,20,22);5,9H,4H2,1-3H3. The summed E-state index contributed by atoms with van der Waals surface area (Å²) in [5.41, 5.74) is 2.45. The average molecular weight is 487 g/mol. The predicted octanol–water partition coefficient (Wildman–Crippen LogP) is 4.46. The highest BCUT2D eigenvalue weighted by Gasteiger charge is 2.20. The van der Waals surface area contributed by atoms with Crippen molar-refractivity contribution < 1.29 is 9.90 Å². The Morgan fingerprint density at radius 2 is 2.12 bits per heavy atom. The zero-order valence-electron chi connectivity index (χ0n) is 18.9. The molecule has 10 heteroatoms. The van der Waals surface area contributed by atoms with Crippen molar-refractivity contribution in [3.63, 3.8) is 0 Å². The van der Waals surface area contributed by atoms with Gasteiger partial charge in [0.25, 0.3) is 0 Å². The molecule has 0 radical (unpaired) electrons. The lowest BCUT2D eigenvalue weighted by molar-refractivity contribution is -0.119. The van der Waals surface area contributed by atoms with E-state index in [0.29, 0.717) is 18.0 Å². The van der Waals surface area contributed by atoms with Crippen molar-refractivity contribution in [2.75, 3.05) is 18.9 Å². The summed E-state index contributed by atoms with van der Waals surface area (Å²) < 4.78 is 1.76. The molecular formula is C23H27ClN6O2S. The Balaban J connectivity index is 0.000000248. The lowest BCUT2D eigenvalue weighted by atomic mass is 9.97. The number of carbonyl (C=O) groups is 1. The number of thiophene rings is 1. The highest BCUT2D eigenvalue weighted by Crippen LogP contribution is 2.39. The van der Waals surface area contributed by atoms with Crippen molar-refractivity contribution in [1.82, 2.24) is 24.5 Å². The first-order chi connectivity index (χ1) is 15.7. The van der Waals surface area contributed by atoms with Crippen LogP contribution < -0.4 is 5.32 Å². The van der Waals surface area contributed by atoms with Crippen molar-refractivity contribution in [3.05, 3.63) is 46.3 Å². The summed E-state index contributed by atoms with van der Waals surface area (Å²) in [7, 11) is 1.63. The number of amides is 1. The fourth-order valence-corrected chi connectivity index (χ4v) is 5.42. The van der Waals surface area contributed by atoms with Crippen molar-refractivity contribution in [2.24, 2.45) is 0 Å². The molecule has 2 N–H and O–H groups in total. The molecule has 8 nitrogen and oxygen atoms in total. The minimum Gasteiger partial charge on any atom is -0.389 e. The molecule has 4 aromatic heterocycles. The molecule has 1 aliphatic carbocycles. The smallest absolute Gasteiger partial charge is 0.209 e. The Hall–Kier alpha value is -2.75. The predicted molar refractivity (Wildman–Crippen MR) is 133 cm³/mol. The van der Waals surface area contributed by atoms with Gasteiger partial charge in [-0.2, -0.15) is 5.10 Å². The molecule has 4 aromatic rings. The Bertz CT molecular complexity index is 1280. The number of pyridine rings is 1. The van der Waals surface area contributed by atoms with Gasteiger partial charge in [0.15, 0.2) is 0 Å². The van der Waals surface area contributed by atoms with E-state index < -0.39 is 5.60 Å². The fourth-order valence-electron chi connectivity index (χ4n) is 4.00. The third kappa shape index (κ3) is 5.43. The first-order valence-electron chi connectivity index (χ1n) is 10.8. The summed E-state index contributed by atoms with van der Waals surface area (Å²) >= 11 is 8.21. The van der Waals surface area contributed by atoms with Crippen LogP contribution in [0.4, 0.5) is 11.5 Å². The van der Waals surface area contributed by atoms with E-state index in [4.69, 9.17) is 16.7 Å². The van der Waals surface area contributed by atoms with Crippen molar-refractivity contribution in [1.29, 1.82) is 0 Å². The number of nitrogens with zero attached hydrogens (tertiary/aromatic N) is 5. The van der Waals surface area contributed by atoms with Crippen LogP contribution in [0.1, 0.15) is 37.1 Å². The van der Waals surface area contributed by atoms with Gasteiger partial charge in [-0.05, 0) is 57.2 Å². The van der Waals surface area contributed by atoms with Gasteiger partial charge >= 0.3 is 0 Å². The Labute approximate surface area is 201 Å². The molecule has 0 unspecified atom stereocenters. The summed E-state index contributed by atoms with van der Waals surface area (Å²) in [6, 6.07) is 3.94. The number of nitrogens with one attached hydrogen (secondary N) is 1. The van der Waals surface area contributed by atoms with Gasteiger partial charge in [0.1, 0.15) is 17.0 Å². The van der Waals surface area contributed by atoms with E-state index in [1.54, 1.807) is 55.5 Å². The second kappa shape index (κ2) is 9.62. The van der Waals surface area contributed by atoms with E-state index in [1.807, 2.05) is 12.1 Å². The molecule has 4 heterocycles. The molecule has 0 fully saturated rings. The van der Waals surface area contributed by atoms with Crippen LogP contribution in [-0.4, -0.2) is 55.2 Å². The molecule has 0 aliphatic heterocycles. The van der Waals surface area contributed by atoms with Crippen molar-refractivity contribution in [3.8, 4) is 0 Å². The van der Waals surface area contributed by atoms with Crippen LogP contribution in [0.25, 0.3) is 15.7 Å². The van der Waals surface area contributed by atoms with Crippen molar-refractivity contribution >= 4 is 56.6 Å². The maximum absolute atomic E-state index is 10.00.